The number of methoxy groups -OCH3 is 1. The van der Waals surface area contributed by atoms with Gasteiger partial charge >= 0.3 is 5.97 Å². The standard InChI is InChI=1S/C15H19N3O2/c1-20-15(19)10-5-4-9(16)14(17-10)18-13-11-7-2-3-8(6-7)12(11)13/h4-5,7-8,11-13H,2-3,6,16H2,1H3,(H,17,18). The normalized spacial score (nSPS) is 36.5. The molecule has 0 aliphatic heterocycles. The highest BCUT2D eigenvalue weighted by Gasteiger charge is 2.65. The van der Waals surface area contributed by atoms with Crippen molar-refractivity contribution in [2.45, 2.75) is 25.3 Å². The Balaban J connectivity index is 1.53. The monoisotopic (exact) mass is 273 g/mol. The molecule has 5 nitrogen and oxygen atoms in total. The Morgan fingerprint density at radius 2 is 2.05 bits per heavy atom. The van der Waals surface area contributed by atoms with Gasteiger partial charge in [0.1, 0.15) is 5.82 Å². The van der Waals surface area contributed by atoms with Crippen molar-refractivity contribution in [1.29, 1.82) is 0 Å². The minimum Gasteiger partial charge on any atom is -0.464 e. The highest BCUT2D eigenvalue weighted by Crippen LogP contribution is 2.66. The number of hydrogen-bond donors (Lipinski definition) is 2. The Kier molecular flexibility index (Phi) is 2.46. The molecule has 3 saturated carbocycles. The first-order chi connectivity index (χ1) is 9.69. The predicted molar refractivity (Wildman–Crippen MR) is 75.2 cm³/mol. The molecule has 4 atom stereocenters. The summed E-state index contributed by atoms with van der Waals surface area (Å²) in [5.41, 5.74) is 6.86. The Morgan fingerprint density at radius 3 is 2.70 bits per heavy atom. The number of nitrogen functional groups attached to an aromatic ring is 1. The molecule has 20 heavy (non-hydrogen) atoms. The number of ether oxygens (including phenoxy) is 1. The fraction of sp³-hybridized carbons (Fsp3) is 0.600. The largest absolute Gasteiger partial charge is 0.464 e. The summed E-state index contributed by atoms with van der Waals surface area (Å²) >= 11 is 0. The van der Waals surface area contributed by atoms with E-state index in [4.69, 9.17) is 10.5 Å². The molecule has 0 spiro atoms. The number of aromatic nitrogens is 1. The first-order valence-corrected chi connectivity index (χ1v) is 7.30. The van der Waals surface area contributed by atoms with E-state index in [0.717, 1.165) is 23.7 Å². The van der Waals surface area contributed by atoms with Gasteiger partial charge in [-0.05, 0) is 55.1 Å². The number of nitrogens with two attached hydrogens (primary N) is 1. The van der Waals surface area contributed by atoms with Gasteiger partial charge in [0.15, 0.2) is 5.69 Å². The molecule has 0 aromatic carbocycles. The van der Waals surface area contributed by atoms with Gasteiger partial charge in [-0.1, -0.05) is 0 Å². The van der Waals surface area contributed by atoms with Gasteiger partial charge in [0.05, 0.1) is 12.8 Å². The number of hydrogen-bond acceptors (Lipinski definition) is 5. The molecule has 3 aliphatic carbocycles. The molecular formula is C15H19N3O2. The third-order valence-corrected chi connectivity index (χ3v) is 5.36. The van der Waals surface area contributed by atoms with Crippen LogP contribution in [0.25, 0.3) is 0 Å². The summed E-state index contributed by atoms with van der Waals surface area (Å²) in [7, 11) is 1.36. The van der Waals surface area contributed by atoms with Gasteiger partial charge in [-0.2, -0.15) is 0 Å². The summed E-state index contributed by atoms with van der Waals surface area (Å²) in [6, 6.07) is 3.82. The third-order valence-electron chi connectivity index (χ3n) is 5.36. The van der Waals surface area contributed by atoms with E-state index in [1.54, 1.807) is 12.1 Å². The van der Waals surface area contributed by atoms with E-state index in [9.17, 15) is 4.79 Å². The number of carbonyl (C=O) groups excluding carboxylic acids is 1. The van der Waals surface area contributed by atoms with Gasteiger partial charge in [-0.15, -0.1) is 0 Å². The van der Waals surface area contributed by atoms with Gasteiger partial charge < -0.3 is 15.8 Å². The van der Waals surface area contributed by atoms with E-state index in [2.05, 4.69) is 10.3 Å². The predicted octanol–water partition coefficient (Wildman–Crippen LogP) is 1.91. The van der Waals surface area contributed by atoms with E-state index >= 15 is 0 Å². The third kappa shape index (κ3) is 1.62. The molecule has 4 unspecified atom stereocenters. The van der Waals surface area contributed by atoms with Crippen LogP contribution in [0.5, 0.6) is 0 Å². The Labute approximate surface area is 117 Å². The van der Waals surface area contributed by atoms with Crippen LogP contribution in [-0.4, -0.2) is 24.1 Å². The van der Waals surface area contributed by atoms with E-state index in [0.29, 0.717) is 23.2 Å². The number of nitrogens with one attached hydrogen (secondary N) is 1. The number of fused-ring (bicyclic) bond motifs is 5. The number of anilines is 2. The van der Waals surface area contributed by atoms with Crippen molar-refractivity contribution in [2.75, 3.05) is 18.2 Å². The smallest absolute Gasteiger partial charge is 0.356 e. The lowest BCUT2D eigenvalue weighted by Gasteiger charge is -2.13. The Hall–Kier alpha value is -1.78. The number of rotatable bonds is 3. The zero-order chi connectivity index (χ0) is 13.9. The average Bonchev–Trinajstić information content (AvgIpc) is 2.85. The molecule has 0 amide bonds. The molecule has 4 rings (SSSR count). The minimum absolute atomic E-state index is 0.304. The second-order valence-corrected chi connectivity index (χ2v) is 6.28. The summed E-state index contributed by atoms with van der Waals surface area (Å²) in [5.74, 6) is 3.60. The van der Waals surface area contributed by atoms with Crippen molar-refractivity contribution in [3.05, 3.63) is 17.8 Å². The molecule has 0 radical (unpaired) electrons. The lowest BCUT2D eigenvalue weighted by Crippen LogP contribution is -2.16. The molecule has 1 aromatic rings. The molecular weight excluding hydrogens is 254 g/mol. The van der Waals surface area contributed by atoms with Gasteiger partial charge in [0, 0.05) is 6.04 Å². The van der Waals surface area contributed by atoms with Crippen LogP contribution in [0.15, 0.2) is 12.1 Å². The second kappa shape index (κ2) is 4.11. The average molecular weight is 273 g/mol. The summed E-state index contributed by atoms with van der Waals surface area (Å²) in [6.07, 6.45) is 4.18. The summed E-state index contributed by atoms with van der Waals surface area (Å²) in [6.45, 7) is 0. The van der Waals surface area contributed by atoms with E-state index in [-0.39, 0.29) is 0 Å². The van der Waals surface area contributed by atoms with Crippen LogP contribution in [0.3, 0.4) is 0 Å². The minimum atomic E-state index is -0.427. The van der Waals surface area contributed by atoms with Crippen molar-refractivity contribution in [3.63, 3.8) is 0 Å². The van der Waals surface area contributed by atoms with Crippen LogP contribution in [0.1, 0.15) is 29.8 Å². The molecule has 1 heterocycles. The highest BCUT2D eigenvalue weighted by atomic mass is 16.5. The second-order valence-electron chi connectivity index (χ2n) is 6.28. The maximum Gasteiger partial charge on any atom is 0.356 e. The van der Waals surface area contributed by atoms with Crippen LogP contribution in [0, 0.1) is 23.7 Å². The summed E-state index contributed by atoms with van der Waals surface area (Å²) in [5, 5.41) is 3.46. The number of esters is 1. The van der Waals surface area contributed by atoms with E-state index in [1.165, 1.54) is 26.4 Å². The topological polar surface area (TPSA) is 77.2 Å². The Morgan fingerprint density at radius 1 is 1.35 bits per heavy atom. The molecule has 106 valence electrons. The van der Waals surface area contributed by atoms with Crippen LogP contribution in [0.4, 0.5) is 11.5 Å². The van der Waals surface area contributed by atoms with Gasteiger partial charge in [-0.3, -0.25) is 0 Å². The quantitative estimate of drug-likeness (QED) is 0.823. The van der Waals surface area contributed by atoms with E-state index in [1.807, 2.05) is 0 Å². The van der Waals surface area contributed by atoms with Gasteiger partial charge in [0.2, 0.25) is 0 Å². The van der Waals surface area contributed by atoms with Crippen molar-refractivity contribution in [3.8, 4) is 0 Å². The van der Waals surface area contributed by atoms with Gasteiger partial charge in [-0.25, -0.2) is 9.78 Å². The van der Waals surface area contributed by atoms with Crippen LogP contribution in [-0.2, 0) is 4.74 Å². The lowest BCUT2D eigenvalue weighted by molar-refractivity contribution is 0.0594. The maximum absolute atomic E-state index is 11.5. The molecule has 2 bridgehead atoms. The van der Waals surface area contributed by atoms with Crippen molar-refractivity contribution in [2.24, 2.45) is 23.7 Å². The zero-order valence-corrected chi connectivity index (χ0v) is 11.5. The van der Waals surface area contributed by atoms with Crippen molar-refractivity contribution < 1.29 is 9.53 Å². The van der Waals surface area contributed by atoms with Crippen molar-refractivity contribution in [1.82, 2.24) is 4.98 Å². The number of carbonyl (C=O) groups is 1. The molecule has 3 fully saturated rings. The number of nitrogens with zero attached hydrogens (tertiary/aromatic N) is 1. The first kappa shape index (κ1) is 12.0. The molecule has 3 aliphatic rings. The number of pyridine rings is 1. The first-order valence-electron chi connectivity index (χ1n) is 7.30. The van der Waals surface area contributed by atoms with Gasteiger partial charge in [0.25, 0.3) is 0 Å². The SMILES string of the molecule is COC(=O)c1ccc(N)c(NC2C3C4CCC(C4)C23)n1. The summed E-state index contributed by atoms with van der Waals surface area (Å²) in [4.78, 5) is 15.8. The molecule has 1 aromatic heterocycles. The van der Waals surface area contributed by atoms with Crippen LogP contribution >= 0.6 is 0 Å². The highest BCUT2D eigenvalue weighted by molar-refractivity contribution is 5.88. The Bertz CT molecular complexity index is 558. The fourth-order valence-corrected chi connectivity index (χ4v) is 4.48. The van der Waals surface area contributed by atoms with Crippen molar-refractivity contribution >= 4 is 17.5 Å². The molecule has 0 saturated heterocycles. The molecule has 5 heteroatoms. The summed E-state index contributed by atoms with van der Waals surface area (Å²) < 4.78 is 4.70. The zero-order valence-electron chi connectivity index (χ0n) is 11.5. The maximum atomic E-state index is 11.5. The van der Waals surface area contributed by atoms with Crippen LogP contribution < -0.4 is 11.1 Å². The van der Waals surface area contributed by atoms with Crippen LogP contribution in [0.2, 0.25) is 0 Å². The fourth-order valence-electron chi connectivity index (χ4n) is 4.48. The lowest BCUT2D eigenvalue weighted by atomic mass is 10.0. The molecule has 3 N–H and O–H groups in total. The van der Waals surface area contributed by atoms with E-state index < -0.39 is 5.97 Å².